The SMILES string of the molecule is Nc1c(C2=NCCN2)cnn1-c1cccc(Br)c1. The van der Waals surface area contributed by atoms with Crippen LogP contribution < -0.4 is 11.1 Å². The highest BCUT2D eigenvalue weighted by Gasteiger charge is 2.16. The van der Waals surface area contributed by atoms with E-state index in [0.717, 1.165) is 34.6 Å². The van der Waals surface area contributed by atoms with Gasteiger partial charge in [0.25, 0.3) is 0 Å². The summed E-state index contributed by atoms with van der Waals surface area (Å²) in [5, 5.41) is 7.52. The quantitative estimate of drug-likeness (QED) is 0.885. The van der Waals surface area contributed by atoms with E-state index >= 15 is 0 Å². The molecule has 1 aliphatic rings. The highest BCUT2D eigenvalue weighted by atomic mass is 79.9. The molecule has 2 aromatic rings. The number of nitrogens with two attached hydrogens (primary N) is 1. The smallest absolute Gasteiger partial charge is 0.138 e. The summed E-state index contributed by atoms with van der Waals surface area (Å²) in [6.07, 6.45) is 1.74. The molecule has 0 atom stereocenters. The first-order valence-corrected chi connectivity index (χ1v) is 6.43. The third-order valence-electron chi connectivity index (χ3n) is 2.79. The zero-order chi connectivity index (χ0) is 12.5. The lowest BCUT2D eigenvalue weighted by atomic mass is 10.3. The number of amidine groups is 1. The predicted octanol–water partition coefficient (Wildman–Crippen LogP) is 1.57. The Bertz CT molecular complexity index is 617. The van der Waals surface area contributed by atoms with Gasteiger partial charge in [-0.25, -0.2) is 4.68 Å². The van der Waals surface area contributed by atoms with Crippen molar-refractivity contribution >= 4 is 27.6 Å². The summed E-state index contributed by atoms with van der Waals surface area (Å²) in [7, 11) is 0. The van der Waals surface area contributed by atoms with Gasteiger partial charge in [-0.3, -0.25) is 4.99 Å². The maximum atomic E-state index is 6.13. The van der Waals surface area contributed by atoms with E-state index in [1.54, 1.807) is 10.9 Å². The topological polar surface area (TPSA) is 68.2 Å². The van der Waals surface area contributed by atoms with Crippen LogP contribution in [-0.2, 0) is 0 Å². The maximum Gasteiger partial charge on any atom is 0.138 e. The van der Waals surface area contributed by atoms with Gasteiger partial charge in [-0.2, -0.15) is 5.10 Å². The summed E-state index contributed by atoms with van der Waals surface area (Å²) in [5.41, 5.74) is 7.91. The molecule has 92 valence electrons. The molecule has 0 bridgehead atoms. The van der Waals surface area contributed by atoms with Gasteiger partial charge in [0.1, 0.15) is 11.7 Å². The Morgan fingerprint density at radius 2 is 2.28 bits per heavy atom. The molecule has 18 heavy (non-hydrogen) atoms. The number of nitrogens with one attached hydrogen (secondary N) is 1. The second-order valence-corrected chi connectivity index (χ2v) is 4.91. The summed E-state index contributed by atoms with van der Waals surface area (Å²) in [6, 6.07) is 7.84. The number of nitrogens with zero attached hydrogens (tertiary/aromatic N) is 3. The Hall–Kier alpha value is -1.82. The Labute approximate surface area is 113 Å². The van der Waals surface area contributed by atoms with Crippen LogP contribution in [0.25, 0.3) is 5.69 Å². The van der Waals surface area contributed by atoms with Crippen LogP contribution in [-0.4, -0.2) is 28.7 Å². The zero-order valence-corrected chi connectivity index (χ0v) is 11.2. The third-order valence-corrected chi connectivity index (χ3v) is 3.28. The number of hydrogen-bond donors (Lipinski definition) is 2. The van der Waals surface area contributed by atoms with Gasteiger partial charge in [0.05, 0.1) is 24.0 Å². The first-order chi connectivity index (χ1) is 8.75. The summed E-state index contributed by atoms with van der Waals surface area (Å²) < 4.78 is 2.70. The summed E-state index contributed by atoms with van der Waals surface area (Å²) in [6.45, 7) is 1.65. The van der Waals surface area contributed by atoms with Gasteiger partial charge in [-0.15, -0.1) is 0 Å². The Morgan fingerprint density at radius 3 is 3.00 bits per heavy atom. The Morgan fingerprint density at radius 1 is 1.39 bits per heavy atom. The van der Waals surface area contributed by atoms with Crippen molar-refractivity contribution in [3.63, 3.8) is 0 Å². The molecule has 6 heteroatoms. The Kier molecular flexibility index (Phi) is 2.79. The van der Waals surface area contributed by atoms with Gasteiger partial charge >= 0.3 is 0 Å². The normalized spacial score (nSPS) is 14.4. The van der Waals surface area contributed by atoms with Crippen LogP contribution >= 0.6 is 15.9 Å². The number of aliphatic imine (C=N–C) groups is 1. The number of benzene rings is 1. The minimum atomic E-state index is 0.598. The van der Waals surface area contributed by atoms with Crippen LogP contribution in [0.2, 0.25) is 0 Å². The van der Waals surface area contributed by atoms with E-state index in [4.69, 9.17) is 5.73 Å². The van der Waals surface area contributed by atoms with E-state index in [1.165, 1.54) is 0 Å². The van der Waals surface area contributed by atoms with Crippen molar-refractivity contribution in [1.82, 2.24) is 15.1 Å². The third kappa shape index (κ3) is 1.88. The minimum Gasteiger partial charge on any atom is -0.383 e. The molecule has 0 amide bonds. The van der Waals surface area contributed by atoms with Crippen molar-refractivity contribution in [2.75, 3.05) is 18.8 Å². The molecule has 1 aromatic heterocycles. The number of halogens is 1. The average molecular weight is 306 g/mol. The second-order valence-electron chi connectivity index (χ2n) is 3.99. The van der Waals surface area contributed by atoms with Crippen LogP contribution in [0.4, 0.5) is 5.82 Å². The number of nitrogen functional groups attached to an aromatic ring is 1. The van der Waals surface area contributed by atoms with Crippen LogP contribution in [0.5, 0.6) is 0 Å². The summed E-state index contributed by atoms with van der Waals surface area (Å²) in [4.78, 5) is 4.35. The Balaban J connectivity index is 2.04. The predicted molar refractivity (Wildman–Crippen MR) is 75.1 cm³/mol. The van der Waals surface area contributed by atoms with Crippen molar-refractivity contribution in [2.24, 2.45) is 4.99 Å². The standard InChI is InChI=1S/C12H12BrN5/c13-8-2-1-3-9(6-8)18-11(14)10(7-17-18)12-15-4-5-16-12/h1-3,6-7H,4-5,14H2,(H,15,16). The lowest BCUT2D eigenvalue weighted by molar-refractivity contribution is 0.890. The van der Waals surface area contributed by atoms with Gasteiger partial charge in [0.15, 0.2) is 0 Å². The monoisotopic (exact) mass is 305 g/mol. The number of anilines is 1. The van der Waals surface area contributed by atoms with Crippen molar-refractivity contribution in [2.45, 2.75) is 0 Å². The molecule has 0 saturated heterocycles. The molecule has 0 radical (unpaired) electrons. The molecule has 0 unspecified atom stereocenters. The molecule has 5 nitrogen and oxygen atoms in total. The molecule has 0 aliphatic carbocycles. The van der Waals surface area contributed by atoms with Gasteiger partial charge in [0, 0.05) is 11.0 Å². The van der Waals surface area contributed by atoms with Crippen molar-refractivity contribution in [1.29, 1.82) is 0 Å². The lowest BCUT2D eigenvalue weighted by Gasteiger charge is -2.06. The molecule has 0 fully saturated rings. The molecule has 3 rings (SSSR count). The highest BCUT2D eigenvalue weighted by molar-refractivity contribution is 9.10. The fourth-order valence-corrected chi connectivity index (χ4v) is 2.32. The highest BCUT2D eigenvalue weighted by Crippen LogP contribution is 2.20. The molecule has 1 aromatic carbocycles. The zero-order valence-electron chi connectivity index (χ0n) is 9.60. The van der Waals surface area contributed by atoms with Crippen LogP contribution in [0.3, 0.4) is 0 Å². The number of hydrogen-bond acceptors (Lipinski definition) is 4. The first kappa shape index (κ1) is 11.3. The van der Waals surface area contributed by atoms with Crippen molar-refractivity contribution in [3.05, 3.63) is 40.5 Å². The fourth-order valence-electron chi connectivity index (χ4n) is 1.93. The minimum absolute atomic E-state index is 0.598. The van der Waals surface area contributed by atoms with Crippen LogP contribution in [0.1, 0.15) is 5.56 Å². The molecule has 0 spiro atoms. The van der Waals surface area contributed by atoms with E-state index in [9.17, 15) is 0 Å². The fraction of sp³-hybridized carbons (Fsp3) is 0.167. The average Bonchev–Trinajstić information content (AvgIpc) is 2.97. The maximum absolute atomic E-state index is 6.13. The lowest BCUT2D eigenvalue weighted by Crippen LogP contribution is -2.20. The molecule has 0 saturated carbocycles. The summed E-state index contributed by atoms with van der Waals surface area (Å²) >= 11 is 3.44. The van der Waals surface area contributed by atoms with Gasteiger partial charge in [-0.1, -0.05) is 22.0 Å². The molecule has 1 aliphatic heterocycles. The van der Waals surface area contributed by atoms with Gasteiger partial charge in [-0.05, 0) is 18.2 Å². The largest absolute Gasteiger partial charge is 0.383 e. The second kappa shape index (κ2) is 4.45. The molecule has 2 heterocycles. The first-order valence-electron chi connectivity index (χ1n) is 5.64. The van der Waals surface area contributed by atoms with E-state index in [2.05, 4.69) is 31.3 Å². The van der Waals surface area contributed by atoms with Crippen LogP contribution in [0.15, 0.2) is 39.9 Å². The van der Waals surface area contributed by atoms with E-state index in [1.807, 2.05) is 24.3 Å². The van der Waals surface area contributed by atoms with E-state index in [0.29, 0.717) is 5.82 Å². The van der Waals surface area contributed by atoms with E-state index in [-0.39, 0.29) is 0 Å². The number of aromatic nitrogens is 2. The molecular weight excluding hydrogens is 294 g/mol. The van der Waals surface area contributed by atoms with Crippen molar-refractivity contribution < 1.29 is 0 Å². The van der Waals surface area contributed by atoms with Crippen molar-refractivity contribution in [3.8, 4) is 5.69 Å². The molecular formula is C12H12BrN5. The van der Waals surface area contributed by atoms with Crippen LogP contribution in [0, 0.1) is 0 Å². The van der Waals surface area contributed by atoms with Gasteiger partial charge in [0.2, 0.25) is 0 Å². The molecule has 3 N–H and O–H groups in total. The van der Waals surface area contributed by atoms with E-state index < -0.39 is 0 Å². The summed E-state index contributed by atoms with van der Waals surface area (Å²) in [5.74, 6) is 1.43. The number of rotatable bonds is 2. The van der Waals surface area contributed by atoms with Gasteiger partial charge < -0.3 is 11.1 Å².